The van der Waals surface area contributed by atoms with Gasteiger partial charge in [0.1, 0.15) is 5.75 Å². The standard InChI is InChI=1S/C18H16OS/c1-18(12-19-16-8-4-3-7-15(16)18)11-14-10-13-6-2-5-9-17(13)20-14/h2-10H,11-12H2,1H3. The number of thiophene rings is 1. The maximum absolute atomic E-state index is 5.86. The van der Waals surface area contributed by atoms with E-state index in [1.54, 1.807) is 0 Å². The second-order valence-corrected chi connectivity index (χ2v) is 6.94. The number of hydrogen-bond acceptors (Lipinski definition) is 2. The van der Waals surface area contributed by atoms with Crippen molar-refractivity contribution in [3.63, 3.8) is 0 Å². The van der Waals surface area contributed by atoms with Gasteiger partial charge in [-0.25, -0.2) is 0 Å². The maximum Gasteiger partial charge on any atom is 0.123 e. The zero-order chi connectivity index (χ0) is 13.6. The lowest BCUT2D eigenvalue weighted by molar-refractivity contribution is 0.277. The van der Waals surface area contributed by atoms with Gasteiger partial charge in [-0.3, -0.25) is 0 Å². The fourth-order valence-electron chi connectivity index (χ4n) is 3.06. The largest absolute Gasteiger partial charge is 0.492 e. The Labute approximate surface area is 122 Å². The molecule has 1 atom stereocenters. The molecule has 0 radical (unpaired) electrons. The Morgan fingerprint density at radius 3 is 2.80 bits per heavy atom. The zero-order valence-electron chi connectivity index (χ0n) is 11.4. The summed E-state index contributed by atoms with van der Waals surface area (Å²) in [5.41, 5.74) is 1.44. The van der Waals surface area contributed by atoms with E-state index in [0.29, 0.717) is 0 Å². The lowest BCUT2D eigenvalue weighted by Gasteiger charge is -2.21. The molecule has 0 fully saturated rings. The van der Waals surface area contributed by atoms with E-state index in [-0.39, 0.29) is 5.41 Å². The summed E-state index contributed by atoms with van der Waals surface area (Å²) in [4.78, 5) is 1.44. The topological polar surface area (TPSA) is 9.23 Å². The number of fused-ring (bicyclic) bond motifs is 2. The van der Waals surface area contributed by atoms with Gasteiger partial charge in [0.2, 0.25) is 0 Å². The third kappa shape index (κ3) is 1.83. The van der Waals surface area contributed by atoms with Crippen molar-refractivity contribution in [3.05, 3.63) is 65.0 Å². The predicted octanol–water partition coefficient (Wildman–Crippen LogP) is 4.79. The number of rotatable bonds is 2. The van der Waals surface area contributed by atoms with Crippen LogP contribution in [0.2, 0.25) is 0 Å². The summed E-state index contributed by atoms with van der Waals surface area (Å²) >= 11 is 1.90. The van der Waals surface area contributed by atoms with E-state index in [0.717, 1.165) is 18.8 Å². The molecule has 1 aliphatic heterocycles. The summed E-state index contributed by atoms with van der Waals surface area (Å²) in [6, 6.07) is 19.4. The fraction of sp³-hybridized carbons (Fsp3) is 0.222. The summed E-state index contributed by atoms with van der Waals surface area (Å²) in [6.45, 7) is 3.09. The van der Waals surface area contributed by atoms with Crippen LogP contribution in [0.4, 0.5) is 0 Å². The molecule has 0 bridgehead atoms. The van der Waals surface area contributed by atoms with E-state index in [1.165, 1.54) is 20.5 Å². The molecule has 2 heteroatoms. The van der Waals surface area contributed by atoms with E-state index in [4.69, 9.17) is 4.74 Å². The average molecular weight is 280 g/mol. The van der Waals surface area contributed by atoms with Crippen molar-refractivity contribution in [2.24, 2.45) is 0 Å². The molecule has 0 amide bonds. The number of ether oxygens (including phenoxy) is 1. The van der Waals surface area contributed by atoms with Gasteiger partial charge in [-0.1, -0.05) is 43.3 Å². The smallest absolute Gasteiger partial charge is 0.123 e. The van der Waals surface area contributed by atoms with Crippen LogP contribution in [0.25, 0.3) is 10.1 Å². The van der Waals surface area contributed by atoms with Crippen molar-refractivity contribution in [2.45, 2.75) is 18.8 Å². The van der Waals surface area contributed by atoms with Crippen LogP contribution in [0.5, 0.6) is 5.75 Å². The van der Waals surface area contributed by atoms with Crippen LogP contribution in [-0.4, -0.2) is 6.61 Å². The van der Waals surface area contributed by atoms with Gasteiger partial charge < -0.3 is 4.74 Å². The summed E-state index contributed by atoms with van der Waals surface area (Å²) in [5.74, 6) is 1.05. The van der Waals surface area contributed by atoms with Gasteiger partial charge in [-0.05, 0) is 30.0 Å². The van der Waals surface area contributed by atoms with E-state index in [1.807, 2.05) is 17.4 Å². The van der Waals surface area contributed by atoms with Crippen LogP contribution < -0.4 is 4.74 Å². The Morgan fingerprint density at radius 2 is 1.90 bits per heavy atom. The second-order valence-electron chi connectivity index (χ2n) is 5.77. The Bertz CT molecular complexity index is 741. The molecule has 1 aliphatic rings. The normalized spacial score (nSPS) is 20.9. The van der Waals surface area contributed by atoms with Crippen LogP contribution in [-0.2, 0) is 11.8 Å². The zero-order valence-corrected chi connectivity index (χ0v) is 12.2. The van der Waals surface area contributed by atoms with Crippen molar-refractivity contribution < 1.29 is 4.74 Å². The molecule has 2 heterocycles. The molecule has 0 saturated carbocycles. The molecule has 1 aromatic heterocycles. The van der Waals surface area contributed by atoms with Crippen LogP contribution in [0, 0.1) is 0 Å². The highest BCUT2D eigenvalue weighted by atomic mass is 32.1. The first-order valence-electron chi connectivity index (χ1n) is 6.94. The molecule has 1 unspecified atom stereocenters. The van der Waals surface area contributed by atoms with Crippen LogP contribution >= 0.6 is 11.3 Å². The van der Waals surface area contributed by atoms with Crippen molar-refractivity contribution in [1.82, 2.24) is 0 Å². The molecule has 0 N–H and O–H groups in total. The molecular weight excluding hydrogens is 264 g/mol. The molecule has 0 saturated heterocycles. The Morgan fingerprint density at radius 1 is 1.10 bits per heavy atom. The first-order chi connectivity index (χ1) is 9.74. The van der Waals surface area contributed by atoms with Gasteiger partial charge in [0.05, 0.1) is 6.61 Å². The molecular formula is C18H16OS. The third-order valence-corrected chi connectivity index (χ3v) is 5.24. The molecule has 3 aromatic rings. The van der Waals surface area contributed by atoms with E-state index in [9.17, 15) is 0 Å². The maximum atomic E-state index is 5.86. The van der Waals surface area contributed by atoms with Crippen LogP contribution in [0.15, 0.2) is 54.6 Å². The lowest BCUT2D eigenvalue weighted by Crippen LogP contribution is -2.26. The van der Waals surface area contributed by atoms with Gasteiger partial charge in [0, 0.05) is 20.6 Å². The summed E-state index contributed by atoms with van der Waals surface area (Å²) < 4.78 is 7.24. The highest BCUT2D eigenvalue weighted by Gasteiger charge is 2.36. The minimum absolute atomic E-state index is 0.0947. The number of hydrogen-bond donors (Lipinski definition) is 0. The Kier molecular flexibility index (Phi) is 2.61. The highest BCUT2D eigenvalue weighted by molar-refractivity contribution is 7.19. The van der Waals surface area contributed by atoms with E-state index >= 15 is 0 Å². The third-order valence-electron chi connectivity index (χ3n) is 4.12. The minimum Gasteiger partial charge on any atom is -0.492 e. The highest BCUT2D eigenvalue weighted by Crippen LogP contribution is 2.42. The lowest BCUT2D eigenvalue weighted by atomic mass is 9.81. The molecule has 1 nitrogen and oxygen atoms in total. The molecule has 100 valence electrons. The summed E-state index contributed by atoms with van der Waals surface area (Å²) in [6.07, 6.45) is 1.04. The monoisotopic (exact) mass is 280 g/mol. The van der Waals surface area contributed by atoms with Gasteiger partial charge in [-0.15, -0.1) is 11.3 Å². The summed E-state index contributed by atoms with van der Waals surface area (Å²) in [7, 11) is 0. The van der Waals surface area contributed by atoms with Crippen molar-refractivity contribution in [1.29, 1.82) is 0 Å². The van der Waals surface area contributed by atoms with Gasteiger partial charge >= 0.3 is 0 Å². The predicted molar refractivity (Wildman–Crippen MR) is 84.8 cm³/mol. The van der Waals surface area contributed by atoms with Crippen LogP contribution in [0.3, 0.4) is 0 Å². The van der Waals surface area contributed by atoms with Crippen LogP contribution in [0.1, 0.15) is 17.4 Å². The van der Waals surface area contributed by atoms with E-state index < -0.39 is 0 Å². The molecule has 4 rings (SSSR count). The number of para-hydroxylation sites is 1. The first-order valence-corrected chi connectivity index (χ1v) is 7.76. The molecule has 0 aliphatic carbocycles. The fourth-order valence-corrected chi connectivity index (χ4v) is 4.31. The minimum atomic E-state index is 0.0947. The van der Waals surface area contributed by atoms with Gasteiger partial charge in [-0.2, -0.15) is 0 Å². The van der Waals surface area contributed by atoms with Gasteiger partial charge in [0.25, 0.3) is 0 Å². The van der Waals surface area contributed by atoms with Crippen molar-refractivity contribution >= 4 is 21.4 Å². The summed E-state index contributed by atoms with van der Waals surface area (Å²) in [5, 5.41) is 1.35. The Hall–Kier alpha value is -1.80. The first kappa shape index (κ1) is 12.0. The van der Waals surface area contributed by atoms with Crippen molar-refractivity contribution in [3.8, 4) is 5.75 Å². The quantitative estimate of drug-likeness (QED) is 0.655. The SMILES string of the molecule is CC1(Cc2cc3ccccc3s2)COc2ccccc21. The number of benzene rings is 2. The average Bonchev–Trinajstić information content (AvgIpc) is 3.01. The Balaban J connectivity index is 1.72. The molecule has 20 heavy (non-hydrogen) atoms. The van der Waals surface area contributed by atoms with E-state index in [2.05, 4.69) is 55.5 Å². The molecule has 2 aromatic carbocycles. The molecule has 0 spiro atoms. The second kappa shape index (κ2) is 4.35. The van der Waals surface area contributed by atoms with Crippen molar-refractivity contribution in [2.75, 3.05) is 6.61 Å². The van der Waals surface area contributed by atoms with Gasteiger partial charge in [0.15, 0.2) is 0 Å².